The Kier molecular flexibility index (Phi) is 6.53. The summed E-state index contributed by atoms with van der Waals surface area (Å²) >= 11 is 3.42. The van der Waals surface area contributed by atoms with Gasteiger partial charge in [-0.25, -0.2) is 4.98 Å². The molecule has 0 amide bonds. The highest BCUT2D eigenvalue weighted by Gasteiger charge is 2.26. The van der Waals surface area contributed by atoms with Gasteiger partial charge in [-0.15, -0.1) is 0 Å². The van der Waals surface area contributed by atoms with Gasteiger partial charge < -0.3 is 19.4 Å². The van der Waals surface area contributed by atoms with Crippen LogP contribution in [-0.2, 0) is 22.5 Å². The lowest BCUT2D eigenvalue weighted by molar-refractivity contribution is -0.140. The Hall–Kier alpha value is -2.87. The summed E-state index contributed by atoms with van der Waals surface area (Å²) in [7, 11) is 1.30. The van der Waals surface area contributed by atoms with E-state index in [1.165, 1.54) is 7.11 Å². The standard InChI is InChI=1S/C21H22BrN3O4/c1-13-8-18(26)20(21(28)25(13)7-6-16-11-23-12-24-16)17(10-19(27)29-2)14-4-3-5-15(22)9-14/h3-5,8-9,11-12,17,26H,6-7,10H2,1-2H3,(H,23,24)/t17-/m0/s1. The molecule has 0 aliphatic heterocycles. The first-order valence-corrected chi connectivity index (χ1v) is 9.92. The Morgan fingerprint density at radius 1 is 1.38 bits per heavy atom. The van der Waals surface area contributed by atoms with Gasteiger partial charge in [0.1, 0.15) is 5.75 Å². The third kappa shape index (κ3) is 4.76. The van der Waals surface area contributed by atoms with Gasteiger partial charge in [0.05, 0.1) is 25.4 Å². The number of halogens is 1. The van der Waals surface area contributed by atoms with E-state index in [2.05, 4.69) is 25.9 Å². The number of nitrogens with zero attached hydrogens (tertiary/aromatic N) is 2. The maximum Gasteiger partial charge on any atom is 0.306 e. The Balaban J connectivity index is 2.07. The van der Waals surface area contributed by atoms with Crippen molar-refractivity contribution in [2.75, 3.05) is 7.11 Å². The minimum Gasteiger partial charge on any atom is -0.507 e. The highest BCUT2D eigenvalue weighted by atomic mass is 79.9. The number of carbonyl (C=O) groups excluding carboxylic acids is 1. The number of benzene rings is 1. The zero-order chi connectivity index (χ0) is 21.0. The molecule has 3 rings (SSSR count). The lowest BCUT2D eigenvalue weighted by atomic mass is 9.88. The number of pyridine rings is 1. The number of aromatic hydroxyl groups is 1. The van der Waals surface area contributed by atoms with Gasteiger partial charge in [-0.3, -0.25) is 9.59 Å². The third-order valence-corrected chi connectivity index (χ3v) is 5.37. The molecule has 1 atom stereocenters. The van der Waals surface area contributed by atoms with Gasteiger partial charge in [-0.2, -0.15) is 0 Å². The van der Waals surface area contributed by atoms with E-state index < -0.39 is 11.9 Å². The highest BCUT2D eigenvalue weighted by molar-refractivity contribution is 9.10. The van der Waals surface area contributed by atoms with E-state index in [-0.39, 0.29) is 23.3 Å². The van der Waals surface area contributed by atoms with Crippen LogP contribution in [0.1, 0.15) is 34.9 Å². The molecule has 0 aliphatic rings. The monoisotopic (exact) mass is 459 g/mol. The van der Waals surface area contributed by atoms with E-state index in [0.29, 0.717) is 18.7 Å². The number of ether oxygens (including phenoxy) is 1. The van der Waals surface area contributed by atoms with Gasteiger partial charge in [0.2, 0.25) is 0 Å². The molecule has 2 N–H and O–H groups in total. The van der Waals surface area contributed by atoms with Gasteiger partial charge in [-0.1, -0.05) is 28.1 Å². The topological polar surface area (TPSA) is 97.2 Å². The lowest BCUT2D eigenvalue weighted by Gasteiger charge is -2.20. The summed E-state index contributed by atoms with van der Waals surface area (Å²) in [6, 6.07) is 8.90. The number of rotatable bonds is 7. The number of H-pyrrole nitrogens is 1. The van der Waals surface area contributed by atoms with Gasteiger partial charge >= 0.3 is 5.97 Å². The van der Waals surface area contributed by atoms with Crippen LogP contribution < -0.4 is 5.56 Å². The Labute approximate surface area is 176 Å². The zero-order valence-electron chi connectivity index (χ0n) is 16.2. The van der Waals surface area contributed by atoms with Crippen molar-refractivity contribution < 1.29 is 14.6 Å². The van der Waals surface area contributed by atoms with E-state index in [0.717, 1.165) is 15.7 Å². The first-order valence-electron chi connectivity index (χ1n) is 9.13. The van der Waals surface area contributed by atoms with Gasteiger partial charge in [0.25, 0.3) is 5.56 Å². The van der Waals surface area contributed by atoms with Crippen LogP contribution in [0.4, 0.5) is 0 Å². The van der Waals surface area contributed by atoms with Crippen molar-refractivity contribution in [3.8, 4) is 5.75 Å². The Bertz CT molecular complexity index is 1060. The van der Waals surface area contributed by atoms with Crippen molar-refractivity contribution in [2.24, 2.45) is 0 Å². The molecule has 0 bridgehead atoms. The molecule has 152 valence electrons. The number of aryl methyl sites for hydroxylation is 2. The van der Waals surface area contributed by atoms with Crippen molar-refractivity contribution in [3.05, 3.63) is 80.2 Å². The molecule has 3 aromatic rings. The molecule has 29 heavy (non-hydrogen) atoms. The average molecular weight is 460 g/mol. The molecule has 2 aromatic heterocycles. The van der Waals surface area contributed by atoms with Crippen LogP contribution in [0, 0.1) is 6.92 Å². The summed E-state index contributed by atoms with van der Waals surface area (Å²) < 4.78 is 7.26. The van der Waals surface area contributed by atoms with Crippen LogP contribution in [0.2, 0.25) is 0 Å². The second-order valence-corrected chi connectivity index (χ2v) is 7.67. The first kappa shape index (κ1) is 20.9. The quantitative estimate of drug-likeness (QED) is 0.528. The molecule has 0 unspecified atom stereocenters. The van der Waals surface area contributed by atoms with Crippen molar-refractivity contribution in [2.45, 2.75) is 32.2 Å². The van der Waals surface area contributed by atoms with Crippen LogP contribution in [0.15, 0.2) is 52.1 Å². The largest absolute Gasteiger partial charge is 0.507 e. The molecule has 7 nitrogen and oxygen atoms in total. The number of aromatic nitrogens is 3. The molecule has 2 heterocycles. The summed E-state index contributed by atoms with van der Waals surface area (Å²) in [6.45, 7) is 2.19. The van der Waals surface area contributed by atoms with Crippen molar-refractivity contribution >= 4 is 21.9 Å². The summed E-state index contributed by atoms with van der Waals surface area (Å²) in [4.78, 5) is 32.4. The minimum atomic E-state index is -0.633. The van der Waals surface area contributed by atoms with Gasteiger partial charge in [0, 0.05) is 40.9 Å². The minimum absolute atomic E-state index is 0.0562. The fourth-order valence-corrected chi connectivity index (χ4v) is 3.80. The number of hydrogen-bond acceptors (Lipinski definition) is 5. The second kappa shape index (κ2) is 9.09. The molecule has 0 spiro atoms. The van der Waals surface area contributed by atoms with Crippen molar-refractivity contribution in [1.29, 1.82) is 0 Å². The lowest BCUT2D eigenvalue weighted by Crippen LogP contribution is -2.29. The molecule has 0 saturated carbocycles. The Morgan fingerprint density at radius 3 is 2.83 bits per heavy atom. The summed E-state index contributed by atoms with van der Waals surface area (Å²) in [5.41, 5.74) is 2.15. The van der Waals surface area contributed by atoms with Crippen LogP contribution in [0.5, 0.6) is 5.75 Å². The SMILES string of the molecule is COC(=O)C[C@@H](c1cccc(Br)c1)c1c(O)cc(C)n(CCc2cnc[nH]2)c1=O. The predicted molar refractivity (Wildman–Crippen MR) is 112 cm³/mol. The summed E-state index contributed by atoms with van der Waals surface area (Å²) in [5, 5.41) is 10.6. The fraction of sp³-hybridized carbons (Fsp3) is 0.286. The fourth-order valence-electron chi connectivity index (χ4n) is 3.39. The molecular formula is C21H22BrN3O4. The van der Waals surface area contributed by atoms with Crippen LogP contribution >= 0.6 is 15.9 Å². The Morgan fingerprint density at radius 2 is 2.17 bits per heavy atom. The third-order valence-electron chi connectivity index (χ3n) is 4.88. The zero-order valence-corrected chi connectivity index (χ0v) is 17.8. The van der Waals surface area contributed by atoms with Gasteiger partial charge in [0.15, 0.2) is 0 Å². The van der Waals surface area contributed by atoms with E-state index in [9.17, 15) is 14.7 Å². The van der Waals surface area contributed by atoms with E-state index in [1.54, 1.807) is 30.1 Å². The number of carbonyl (C=O) groups is 1. The smallest absolute Gasteiger partial charge is 0.306 e. The van der Waals surface area contributed by atoms with E-state index in [1.807, 2.05) is 24.3 Å². The van der Waals surface area contributed by atoms with Crippen LogP contribution in [0.25, 0.3) is 0 Å². The van der Waals surface area contributed by atoms with Crippen LogP contribution in [0.3, 0.4) is 0 Å². The number of nitrogens with one attached hydrogen (secondary N) is 1. The number of hydrogen-bond donors (Lipinski definition) is 2. The number of methoxy groups -OCH3 is 1. The molecule has 0 fully saturated rings. The first-order chi connectivity index (χ1) is 13.9. The van der Waals surface area contributed by atoms with Crippen molar-refractivity contribution in [3.63, 3.8) is 0 Å². The van der Waals surface area contributed by atoms with E-state index >= 15 is 0 Å². The maximum absolute atomic E-state index is 13.4. The number of imidazole rings is 1. The molecule has 0 saturated heterocycles. The number of esters is 1. The van der Waals surface area contributed by atoms with Gasteiger partial charge in [-0.05, 0) is 30.7 Å². The molecule has 0 aliphatic carbocycles. The average Bonchev–Trinajstić information content (AvgIpc) is 3.20. The normalized spacial score (nSPS) is 12.0. The molecule has 1 aromatic carbocycles. The van der Waals surface area contributed by atoms with E-state index in [4.69, 9.17) is 4.74 Å². The molecule has 8 heteroatoms. The second-order valence-electron chi connectivity index (χ2n) is 6.76. The van der Waals surface area contributed by atoms with Crippen molar-refractivity contribution in [1.82, 2.24) is 14.5 Å². The summed E-state index contributed by atoms with van der Waals surface area (Å²) in [6.07, 6.45) is 3.83. The molecule has 0 radical (unpaired) electrons. The van der Waals surface area contributed by atoms with Crippen LogP contribution in [-0.4, -0.2) is 32.7 Å². The maximum atomic E-state index is 13.4. The summed E-state index contributed by atoms with van der Waals surface area (Å²) in [5.74, 6) is -1.22. The predicted octanol–water partition coefficient (Wildman–Crippen LogP) is 3.29. The molecular weight excluding hydrogens is 438 g/mol. The number of aromatic amines is 1. The highest BCUT2D eigenvalue weighted by Crippen LogP contribution is 2.33.